The van der Waals surface area contributed by atoms with Crippen molar-refractivity contribution in [2.75, 3.05) is 25.1 Å². The van der Waals surface area contributed by atoms with Crippen LogP contribution in [0.4, 0.5) is 5.13 Å². The molecule has 0 radical (unpaired) electrons. The molecule has 0 unspecified atom stereocenters. The number of hydrogen-bond donors (Lipinski definition) is 2. The maximum Gasteiger partial charge on any atom is 0.244 e. The van der Waals surface area contributed by atoms with Crippen molar-refractivity contribution in [2.45, 2.75) is 16.8 Å². The molecule has 0 aromatic carbocycles. The number of anilines is 1. The third kappa shape index (κ3) is 3.10. The molecule has 98 valence electrons. The predicted octanol–water partition coefficient (Wildman–Crippen LogP) is -0.441. The Bertz CT molecular complexity index is 464. The monoisotopic (exact) mass is 287 g/mol. The van der Waals surface area contributed by atoms with Gasteiger partial charge >= 0.3 is 0 Å². The molecule has 1 aliphatic rings. The van der Waals surface area contributed by atoms with E-state index in [2.05, 4.69) is 15.5 Å². The minimum atomic E-state index is -0.386. The third-order valence-electron chi connectivity index (χ3n) is 2.51. The Hall–Kier alpha value is -1.35. The van der Waals surface area contributed by atoms with E-state index in [9.17, 15) is 9.59 Å². The summed E-state index contributed by atoms with van der Waals surface area (Å²) in [5, 5.41) is 10.5. The van der Waals surface area contributed by atoms with Gasteiger partial charge in [-0.25, -0.2) is 0 Å². The second kappa shape index (κ2) is 5.53. The molecule has 2 amide bonds. The summed E-state index contributed by atoms with van der Waals surface area (Å²) < 4.78 is 0.650. The van der Waals surface area contributed by atoms with Crippen molar-refractivity contribution in [2.24, 2.45) is 0 Å². The SMILES string of the molecule is CN1CC[C@H](NC(=O)CSc2nnc(N)s2)C1=O. The summed E-state index contributed by atoms with van der Waals surface area (Å²) in [5.74, 6) is -0.00166. The minimum absolute atomic E-state index is 0.0338. The lowest BCUT2D eigenvalue weighted by molar-refractivity contribution is -0.131. The molecule has 2 rings (SSSR count). The zero-order chi connectivity index (χ0) is 13.1. The molecule has 1 saturated heterocycles. The smallest absolute Gasteiger partial charge is 0.244 e. The van der Waals surface area contributed by atoms with Crippen LogP contribution in [0.5, 0.6) is 0 Å². The highest BCUT2D eigenvalue weighted by Crippen LogP contribution is 2.23. The first kappa shape index (κ1) is 13.1. The average molecular weight is 287 g/mol. The van der Waals surface area contributed by atoms with Crippen molar-refractivity contribution in [3.8, 4) is 0 Å². The largest absolute Gasteiger partial charge is 0.374 e. The van der Waals surface area contributed by atoms with Gasteiger partial charge < -0.3 is 16.0 Å². The van der Waals surface area contributed by atoms with Crippen molar-refractivity contribution in [3.05, 3.63) is 0 Å². The van der Waals surface area contributed by atoms with Crippen molar-refractivity contribution < 1.29 is 9.59 Å². The normalized spacial score (nSPS) is 19.3. The Labute approximate surface area is 112 Å². The van der Waals surface area contributed by atoms with Crippen LogP contribution >= 0.6 is 23.1 Å². The van der Waals surface area contributed by atoms with Gasteiger partial charge in [0.2, 0.25) is 16.9 Å². The van der Waals surface area contributed by atoms with E-state index in [1.165, 1.54) is 23.1 Å². The van der Waals surface area contributed by atoms with Crippen LogP contribution in [0, 0.1) is 0 Å². The molecule has 1 atom stereocenters. The van der Waals surface area contributed by atoms with Crippen LogP contribution in [0.1, 0.15) is 6.42 Å². The summed E-state index contributed by atoms with van der Waals surface area (Å²) in [6.07, 6.45) is 0.664. The fraction of sp³-hybridized carbons (Fsp3) is 0.556. The van der Waals surface area contributed by atoms with Gasteiger partial charge in [0.1, 0.15) is 6.04 Å². The van der Waals surface area contributed by atoms with Crippen LogP contribution in [-0.2, 0) is 9.59 Å². The average Bonchev–Trinajstić information content (AvgIpc) is 2.88. The van der Waals surface area contributed by atoms with Gasteiger partial charge in [-0.2, -0.15) is 0 Å². The number of carbonyl (C=O) groups is 2. The number of nitrogens with two attached hydrogens (primary N) is 1. The quantitative estimate of drug-likeness (QED) is 0.728. The molecule has 18 heavy (non-hydrogen) atoms. The van der Waals surface area contributed by atoms with Crippen LogP contribution in [0.15, 0.2) is 4.34 Å². The molecule has 0 bridgehead atoms. The summed E-state index contributed by atoms with van der Waals surface area (Å²) in [5.41, 5.74) is 5.43. The molecule has 0 spiro atoms. The molecule has 1 fully saturated rings. The lowest BCUT2D eigenvalue weighted by Gasteiger charge is -2.11. The predicted molar refractivity (Wildman–Crippen MR) is 69.2 cm³/mol. The van der Waals surface area contributed by atoms with E-state index < -0.39 is 0 Å². The molecule has 1 aliphatic heterocycles. The van der Waals surface area contributed by atoms with Gasteiger partial charge in [-0.15, -0.1) is 10.2 Å². The number of hydrogen-bond acceptors (Lipinski definition) is 7. The van der Waals surface area contributed by atoms with Gasteiger partial charge in [0.15, 0.2) is 4.34 Å². The first-order valence-corrected chi connectivity index (χ1v) is 7.12. The van der Waals surface area contributed by atoms with E-state index >= 15 is 0 Å². The zero-order valence-corrected chi connectivity index (χ0v) is 11.4. The fourth-order valence-corrected chi connectivity index (χ4v) is 3.05. The van der Waals surface area contributed by atoms with E-state index in [0.717, 1.165) is 0 Å². The molecular formula is C9H13N5O2S2. The van der Waals surface area contributed by atoms with Crippen molar-refractivity contribution in [3.63, 3.8) is 0 Å². The van der Waals surface area contributed by atoms with E-state index in [4.69, 9.17) is 5.73 Å². The van der Waals surface area contributed by atoms with Gasteiger partial charge in [0.05, 0.1) is 5.75 Å². The molecular weight excluding hydrogens is 274 g/mol. The van der Waals surface area contributed by atoms with Gasteiger partial charge in [-0.05, 0) is 6.42 Å². The lowest BCUT2D eigenvalue weighted by Crippen LogP contribution is -2.41. The van der Waals surface area contributed by atoms with Crippen LogP contribution in [-0.4, -0.2) is 52.3 Å². The maximum atomic E-state index is 11.7. The van der Waals surface area contributed by atoms with Crippen molar-refractivity contribution in [1.29, 1.82) is 0 Å². The number of aromatic nitrogens is 2. The molecule has 2 heterocycles. The number of nitrogens with zero attached hydrogens (tertiary/aromatic N) is 3. The fourth-order valence-electron chi connectivity index (χ4n) is 1.60. The summed E-state index contributed by atoms with van der Waals surface area (Å²) >= 11 is 2.50. The van der Waals surface area contributed by atoms with Crippen LogP contribution in [0.2, 0.25) is 0 Å². The number of carbonyl (C=O) groups excluding carboxylic acids is 2. The highest BCUT2D eigenvalue weighted by Gasteiger charge is 2.30. The van der Waals surface area contributed by atoms with Gasteiger partial charge in [-0.3, -0.25) is 9.59 Å². The summed E-state index contributed by atoms with van der Waals surface area (Å²) in [6, 6.07) is -0.386. The maximum absolute atomic E-state index is 11.7. The number of amides is 2. The van der Waals surface area contributed by atoms with Gasteiger partial charge in [0, 0.05) is 13.6 Å². The Morgan fingerprint density at radius 1 is 1.67 bits per heavy atom. The van der Waals surface area contributed by atoms with Crippen LogP contribution in [0.25, 0.3) is 0 Å². The molecule has 3 N–H and O–H groups in total. The van der Waals surface area contributed by atoms with Crippen molar-refractivity contribution in [1.82, 2.24) is 20.4 Å². The summed E-state index contributed by atoms with van der Waals surface area (Å²) in [7, 11) is 1.73. The lowest BCUT2D eigenvalue weighted by atomic mass is 10.2. The number of rotatable bonds is 4. The molecule has 9 heteroatoms. The molecule has 1 aromatic rings. The first-order valence-electron chi connectivity index (χ1n) is 5.32. The molecule has 1 aromatic heterocycles. The number of thioether (sulfide) groups is 1. The third-order valence-corrected chi connectivity index (χ3v) is 4.40. The first-order chi connectivity index (χ1) is 8.56. The number of likely N-dealkylation sites (tertiary alicyclic amines) is 1. The Morgan fingerprint density at radius 3 is 3.00 bits per heavy atom. The zero-order valence-electron chi connectivity index (χ0n) is 9.75. The molecule has 0 saturated carbocycles. The van der Waals surface area contributed by atoms with E-state index in [1.807, 2.05) is 0 Å². The highest BCUT2D eigenvalue weighted by atomic mass is 32.2. The Kier molecular flexibility index (Phi) is 4.02. The number of likely N-dealkylation sites (N-methyl/N-ethyl adjacent to an activating group) is 1. The van der Waals surface area contributed by atoms with E-state index in [1.54, 1.807) is 11.9 Å². The van der Waals surface area contributed by atoms with Gasteiger partial charge in [0.25, 0.3) is 0 Å². The number of nitrogens with one attached hydrogen (secondary N) is 1. The highest BCUT2D eigenvalue weighted by molar-refractivity contribution is 8.01. The van der Waals surface area contributed by atoms with E-state index in [0.29, 0.717) is 22.4 Å². The second-order valence-electron chi connectivity index (χ2n) is 3.86. The molecule has 0 aliphatic carbocycles. The minimum Gasteiger partial charge on any atom is -0.374 e. The van der Waals surface area contributed by atoms with Crippen LogP contribution in [0.3, 0.4) is 0 Å². The molecule has 7 nitrogen and oxygen atoms in total. The van der Waals surface area contributed by atoms with Gasteiger partial charge in [-0.1, -0.05) is 23.1 Å². The van der Waals surface area contributed by atoms with E-state index in [-0.39, 0.29) is 23.6 Å². The number of nitrogen functional groups attached to an aromatic ring is 1. The summed E-state index contributed by atoms with van der Waals surface area (Å²) in [6.45, 7) is 0.684. The Morgan fingerprint density at radius 2 is 2.44 bits per heavy atom. The standard InChI is InChI=1S/C9H13N5O2S2/c1-14-3-2-5(7(14)16)11-6(15)4-17-9-13-12-8(10)18-9/h5H,2-4H2,1H3,(H2,10,12)(H,11,15)/t5-/m0/s1. The van der Waals surface area contributed by atoms with Crippen LogP contribution < -0.4 is 11.1 Å². The second-order valence-corrected chi connectivity index (χ2v) is 6.10. The topological polar surface area (TPSA) is 101 Å². The Balaban J connectivity index is 1.77. The van der Waals surface area contributed by atoms with Crippen molar-refractivity contribution >= 4 is 40.0 Å². The summed E-state index contributed by atoms with van der Waals surface area (Å²) in [4.78, 5) is 24.9.